The van der Waals surface area contributed by atoms with Crippen molar-refractivity contribution in [3.63, 3.8) is 0 Å². The minimum absolute atomic E-state index is 0.309. The molecule has 0 aromatic heterocycles. The molecule has 0 unspecified atom stereocenters. The average molecular weight is 439 g/mol. The standard InChI is InChI=1S/C20H23ClN2O5S/c1-12-9-10-15(21)11-18(12)23(29(5,26)27)14(3)19(24)22-17-8-6-7-16(13(17)2)20(25)28-4/h6-11,14H,1-5H3,(H,22,24)/t14-/m0/s1. The number of aryl methyl sites for hydroxylation is 1. The van der Waals surface area contributed by atoms with E-state index in [9.17, 15) is 18.0 Å². The molecule has 0 spiro atoms. The Morgan fingerprint density at radius 3 is 2.41 bits per heavy atom. The monoisotopic (exact) mass is 438 g/mol. The fourth-order valence-corrected chi connectivity index (χ4v) is 4.33. The van der Waals surface area contributed by atoms with E-state index in [-0.39, 0.29) is 0 Å². The average Bonchev–Trinajstić information content (AvgIpc) is 2.64. The Morgan fingerprint density at radius 1 is 1.17 bits per heavy atom. The maximum absolute atomic E-state index is 12.9. The van der Waals surface area contributed by atoms with Crippen LogP contribution in [0.1, 0.15) is 28.4 Å². The summed E-state index contributed by atoms with van der Waals surface area (Å²) in [6.45, 7) is 4.89. The molecule has 0 heterocycles. The first-order chi connectivity index (χ1) is 13.5. The maximum Gasteiger partial charge on any atom is 0.338 e. The normalized spacial score (nSPS) is 12.2. The van der Waals surface area contributed by atoms with Crippen LogP contribution in [0.25, 0.3) is 0 Å². The molecule has 1 amide bonds. The number of esters is 1. The number of carbonyl (C=O) groups excluding carboxylic acids is 2. The SMILES string of the molecule is COC(=O)c1cccc(NC(=O)[C@H](C)N(c2cc(Cl)ccc2C)S(C)(=O)=O)c1C. The van der Waals surface area contributed by atoms with E-state index in [0.717, 1.165) is 10.6 Å². The van der Waals surface area contributed by atoms with Crippen LogP contribution in [-0.2, 0) is 19.6 Å². The molecule has 0 saturated heterocycles. The van der Waals surface area contributed by atoms with Gasteiger partial charge in [-0.05, 0) is 56.2 Å². The quantitative estimate of drug-likeness (QED) is 0.696. The number of benzene rings is 2. The van der Waals surface area contributed by atoms with Crippen molar-refractivity contribution in [3.8, 4) is 0 Å². The molecule has 2 rings (SSSR count). The Labute approximate surface area is 175 Å². The zero-order chi connectivity index (χ0) is 21.9. The molecular weight excluding hydrogens is 416 g/mol. The van der Waals surface area contributed by atoms with Gasteiger partial charge < -0.3 is 10.1 Å². The lowest BCUT2D eigenvalue weighted by Crippen LogP contribution is -2.45. The summed E-state index contributed by atoms with van der Waals surface area (Å²) < 4.78 is 30.7. The van der Waals surface area contributed by atoms with Crippen LogP contribution < -0.4 is 9.62 Å². The zero-order valence-corrected chi connectivity index (χ0v) is 18.4. The second kappa shape index (κ2) is 8.84. The van der Waals surface area contributed by atoms with Crippen LogP contribution in [0.5, 0.6) is 0 Å². The molecular formula is C20H23ClN2O5S. The maximum atomic E-state index is 12.9. The van der Waals surface area contributed by atoms with Gasteiger partial charge in [0.15, 0.2) is 0 Å². The van der Waals surface area contributed by atoms with Crippen molar-refractivity contribution in [2.24, 2.45) is 0 Å². The molecule has 0 aliphatic carbocycles. The summed E-state index contributed by atoms with van der Waals surface area (Å²) in [5.74, 6) is -1.08. The number of carbonyl (C=O) groups is 2. The topological polar surface area (TPSA) is 92.8 Å². The third kappa shape index (κ3) is 5.07. The Balaban J connectivity index is 2.41. The highest BCUT2D eigenvalue weighted by Crippen LogP contribution is 2.29. The second-order valence-electron chi connectivity index (χ2n) is 6.62. The van der Waals surface area contributed by atoms with Gasteiger partial charge in [0.2, 0.25) is 15.9 Å². The molecule has 0 bridgehead atoms. The number of methoxy groups -OCH3 is 1. The molecule has 1 atom stereocenters. The summed E-state index contributed by atoms with van der Waals surface area (Å²) in [4.78, 5) is 24.8. The van der Waals surface area contributed by atoms with Crippen molar-refractivity contribution in [3.05, 3.63) is 58.1 Å². The van der Waals surface area contributed by atoms with E-state index >= 15 is 0 Å². The predicted molar refractivity (Wildman–Crippen MR) is 114 cm³/mol. The molecule has 0 radical (unpaired) electrons. The first kappa shape index (κ1) is 22.7. The third-order valence-corrected chi connectivity index (χ3v) is 5.96. The number of ether oxygens (including phenoxy) is 1. The van der Waals surface area contributed by atoms with Gasteiger partial charge in [-0.25, -0.2) is 13.2 Å². The molecule has 2 aromatic rings. The number of hydrogen-bond acceptors (Lipinski definition) is 5. The number of rotatable bonds is 6. The number of hydrogen-bond donors (Lipinski definition) is 1. The van der Waals surface area contributed by atoms with Gasteiger partial charge in [0.05, 0.1) is 24.6 Å². The van der Waals surface area contributed by atoms with Crippen LogP contribution in [0.4, 0.5) is 11.4 Å². The van der Waals surface area contributed by atoms with Crippen LogP contribution in [0.2, 0.25) is 5.02 Å². The fraction of sp³-hybridized carbons (Fsp3) is 0.300. The molecule has 7 nitrogen and oxygen atoms in total. The Hall–Kier alpha value is -2.58. The minimum atomic E-state index is -3.79. The first-order valence-electron chi connectivity index (χ1n) is 8.71. The third-order valence-electron chi connectivity index (χ3n) is 4.49. The Bertz CT molecular complexity index is 1050. The van der Waals surface area contributed by atoms with Gasteiger partial charge in [0.1, 0.15) is 6.04 Å². The van der Waals surface area contributed by atoms with E-state index in [1.807, 2.05) is 0 Å². The predicted octanol–water partition coefficient (Wildman–Crippen LogP) is 3.54. The number of amides is 1. The lowest BCUT2D eigenvalue weighted by atomic mass is 10.1. The molecule has 0 aliphatic rings. The van der Waals surface area contributed by atoms with Crippen LogP contribution in [0.3, 0.4) is 0 Å². The molecule has 2 aromatic carbocycles. The van der Waals surface area contributed by atoms with Crippen molar-refractivity contribution in [1.82, 2.24) is 0 Å². The summed E-state index contributed by atoms with van der Waals surface area (Å²) in [5.41, 5.74) is 2.19. The van der Waals surface area contributed by atoms with Gasteiger partial charge in [-0.15, -0.1) is 0 Å². The number of nitrogens with one attached hydrogen (secondary N) is 1. The second-order valence-corrected chi connectivity index (χ2v) is 8.92. The van der Waals surface area contributed by atoms with Crippen molar-refractivity contribution in [2.75, 3.05) is 23.0 Å². The van der Waals surface area contributed by atoms with Crippen molar-refractivity contribution in [1.29, 1.82) is 0 Å². The van der Waals surface area contributed by atoms with Gasteiger partial charge in [0, 0.05) is 10.7 Å². The van der Waals surface area contributed by atoms with E-state index in [4.69, 9.17) is 16.3 Å². The summed E-state index contributed by atoms with van der Waals surface area (Å²) in [7, 11) is -2.52. The van der Waals surface area contributed by atoms with Gasteiger partial charge in [-0.1, -0.05) is 23.7 Å². The van der Waals surface area contributed by atoms with Crippen molar-refractivity contribution < 1.29 is 22.7 Å². The van der Waals surface area contributed by atoms with E-state index < -0.39 is 27.9 Å². The van der Waals surface area contributed by atoms with Gasteiger partial charge in [0.25, 0.3) is 0 Å². The van der Waals surface area contributed by atoms with Gasteiger partial charge in [-0.3, -0.25) is 9.10 Å². The van der Waals surface area contributed by atoms with Crippen LogP contribution in [0, 0.1) is 13.8 Å². The molecule has 0 fully saturated rings. The molecule has 0 saturated carbocycles. The van der Waals surface area contributed by atoms with Gasteiger partial charge >= 0.3 is 5.97 Å². The van der Waals surface area contributed by atoms with E-state index in [0.29, 0.717) is 33.1 Å². The molecule has 156 valence electrons. The van der Waals surface area contributed by atoms with E-state index in [2.05, 4.69) is 5.32 Å². The Kier molecular flexibility index (Phi) is 6.92. The van der Waals surface area contributed by atoms with E-state index in [1.165, 1.54) is 20.1 Å². The highest BCUT2D eigenvalue weighted by Gasteiger charge is 2.30. The van der Waals surface area contributed by atoms with Crippen LogP contribution in [0.15, 0.2) is 36.4 Å². The highest BCUT2D eigenvalue weighted by molar-refractivity contribution is 7.92. The van der Waals surface area contributed by atoms with Gasteiger partial charge in [-0.2, -0.15) is 0 Å². The number of halogens is 1. The molecule has 0 aliphatic heterocycles. The Morgan fingerprint density at radius 2 is 1.83 bits per heavy atom. The lowest BCUT2D eigenvalue weighted by Gasteiger charge is -2.29. The molecule has 9 heteroatoms. The first-order valence-corrected chi connectivity index (χ1v) is 10.9. The molecule has 1 N–H and O–H groups in total. The zero-order valence-electron chi connectivity index (χ0n) is 16.8. The summed E-state index contributed by atoms with van der Waals surface area (Å²) in [5, 5.41) is 3.06. The minimum Gasteiger partial charge on any atom is -0.465 e. The van der Waals surface area contributed by atoms with Crippen molar-refractivity contribution in [2.45, 2.75) is 26.8 Å². The number of nitrogens with zero attached hydrogens (tertiary/aromatic N) is 1. The number of anilines is 2. The summed E-state index contributed by atoms with van der Waals surface area (Å²) in [6.07, 6.45) is 1.03. The fourth-order valence-electron chi connectivity index (χ4n) is 2.94. The van der Waals surface area contributed by atoms with Crippen LogP contribution in [-0.4, -0.2) is 39.7 Å². The summed E-state index contributed by atoms with van der Waals surface area (Å²) in [6, 6.07) is 8.58. The molecule has 29 heavy (non-hydrogen) atoms. The highest BCUT2D eigenvalue weighted by atomic mass is 35.5. The van der Waals surface area contributed by atoms with E-state index in [1.54, 1.807) is 44.2 Å². The number of sulfonamides is 1. The lowest BCUT2D eigenvalue weighted by molar-refractivity contribution is -0.116. The van der Waals surface area contributed by atoms with Crippen LogP contribution >= 0.6 is 11.6 Å². The van der Waals surface area contributed by atoms with Crippen molar-refractivity contribution >= 4 is 44.9 Å². The smallest absolute Gasteiger partial charge is 0.338 e. The largest absolute Gasteiger partial charge is 0.465 e. The summed E-state index contributed by atoms with van der Waals surface area (Å²) >= 11 is 6.04.